The van der Waals surface area contributed by atoms with Crippen LogP contribution in [0.4, 0.5) is 0 Å². The summed E-state index contributed by atoms with van der Waals surface area (Å²) in [7, 11) is 4.02. The van der Waals surface area contributed by atoms with Crippen molar-refractivity contribution in [2.75, 3.05) is 27.2 Å². The summed E-state index contributed by atoms with van der Waals surface area (Å²) in [5, 5.41) is 0. The van der Waals surface area contributed by atoms with Crippen molar-refractivity contribution in [3.05, 3.63) is 53.6 Å². The molecule has 114 valence electrons. The summed E-state index contributed by atoms with van der Waals surface area (Å²) in [5.41, 5.74) is 1.87. The number of rotatable bonds is 4. The molecule has 3 rings (SSSR count). The second-order valence-corrected chi connectivity index (χ2v) is 6.70. The van der Waals surface area contributed by atoms with E-state index in [1.807, 2.05) is 50.5 Å². The Hall–Kier alpha value is -1.78. The van der Waals surface area contributed by atoms with Gasteiger partial charge in [0, 0.05) is 28.3 Å². The zero-order valence-electron chi connectivity index (χ0n) is 12.8. The molecule has 1 heterocycles. The molecule has 4 heteroatoms. The Morgan fingerprint density at radius 1 is 1.14 bits per heavy atom. The van der Waals surface area contributed by atoms with E-state index in [4.69, 9.17) is 4.74 Å². The highest BCUT2D eigenvalue weighted by Gasteiger charge is 2.20. The Bertz CT molecular complexity index is 697. The van der Waals surface area contributed by atoms with Crippen LogP contribution in [0.1, 0.15) is 15.9 Å². The second kappa shape index (κ2) is 6.55. The van der Waals surface area contributed by atoms with Gasteiger partial charge in [-0.15, -0.1) is 0 Å². The van der Waals surface area contributed by atoms with E-state index in [2.05, 4.69) is 11.0 Å². The number of ketones is 1. The number of carbonyl (C=O) groups excluding carboxylic acids is 1. The van der Waals surface area contributed by atoms with Crippen LogP contribution >= 0.6 is 11.8 Å². The summed E-state index contributed by atoms with van der Waals surface area (Å²) in [6.45, 7) is 1.47. The van der Waals surface area contributed by atoms with Crippen LogP contribution in [0.2, 0.25) is 0 Å². The molecular weight excluding hydrogens is 294 g/mol. The predicted molar refractivity (Wildman–Crippen MR) is 89.1 cm³/mol. The number of fused-ring (bicyclic) bond motifs is 2. The number of nitrogens with zero attached hydrogens (tertiary/aromatic N) is 1. The lowest BCUT2D eigenvalue weighted by Gasteiger charge is -2.12. The van der Waals surface area contributed by atoms with Gasteiger partial charge in [0.2, 0.25) is 0 Å². The largest absolute Gasteiger partial charge is 0.492 e. The lowest BCUT2D eigenvalue weighted by Crippen LogP contribution is -2.19. The van der Waals surface area contributed by atoms with Gasteiger partial charge in [-0.25, -0.2) is 0 Å². The third kappa shape index (κ3) is 3.34. The number of carbonyl (C=O) groups is 1. The van der Waals surface area contributed by atoms with Crippen molar-refractivity contribution in [1.82, 2.24) is 4.90 Å². The highest BCUT2D eigenvalue weighted by Crippen LogP contribution is 2.38. The van der Waals surface area contributed by atoms with E-state index in [0.29, 0.717) is 13.0 Å². The lowest BCUT2D eigenvalue weighted by atomic mass is 10.0. The predicted octanol–water partition coefficient (Wildman–Crippen LogP) is 3.52. The first-order valence-electron chi connectivity index (χ1n) is 7.34. The van der Waals surface area contributed by atoms with Gasteiger partial charge < -0.3 is 9.64 Å². The first kappa shape index (κ1) is 15.1. The van der Waals surface area contributed by atoms with E-state index in [9.17, 15) is 4.79 Å². The van der Waals surface area contributed by atoms with Gasteiger partial charge in [0.05, 0.1) is 0 Å². The molecule has 0 saturated heterocycles. The van der Waals surface area contributed by atoms with Crippen molar-refractivity contribution >= 4 is 17.5 Å². The molecule has 22 heavy (non-hydrogen) atoms. The summed E-state index contributed by atoms with van der Waals surface area (Å²) >= 11 is 1.66. The van der Waals surface area contributed by atoms with Gasteiger partial charge in [-0.05, 0) is 43.9 Å². The van der Waals surface area contributed by atoms with Gasteiger partial charge in [0.15, 0.2) is 5.78 Å². The maximum atomic E-state index is 12.5. The minimum absolute atomic E-state index is 0.158. The maximum Gasteiger partial charge on any atom is 0.168 e. The third-order valence-electron chi connectivity index (χ3n) is 3.60. The summed E-state index contributed by atoms with van der Waals surface area (Å²) in [5.74, 6) is 0.922. The highest BCUT2D eigenvalue weighted by molar-refractivity contribution is 7.99. The average Bonchev–Trinajstić information content (AvgIpc) is 2.63. The zero-order valence-corrected chi connectivity index (χ0v) is 13.7. The number of likely N-dealkylation sites (N-methyl/N-ethyl adjacent to an activating group) is 1. The van der Waals surface area contributed by atoms with E-state index in [1.54, 1.807) is 11.8 Å². The molecule has 0 bridgehead atoms. The third-order valence-corrected chi connectivity index (χ3v) is 4.80. The zero-order chi connectivity index (χ0) is 15.5. The van der Waals surface area contributed by atoms with Gasteiger partial charge in [-0.1, -0.05) is 30.0 Å². The molecule has 0 atom stereocenters. The SMILES string of the molecule is CN(C)CCOc1ccc2c(c1)C(=O)Cc1ccccc1S2. The molecule has 0 aromatic heterocycles. The fraction of sp³-hybridized carbons (Fsp3) is 0.278. The minimum atomic E-state index is 0.158. The quantitative estimate of drug-likeness (QED) is 0.864. The normalized spacial score (nSPS) is 13.5. The molecular formula is C18H19NO2S. The first-order valence-corrected chi connectivity index (χ1v) is 8.15. The van der Waals surface area contributed by atoms with Gasteiger partial charge in [0.25, 0.3) is 0 Å². The van der Waals surface area contributed by atoms with Crippen molar-refractivity contribution in [2.24, 2.45) is 0 Å². The molecule has 0 saturated carbocycles. The average molecular weight is 313 g/mol. The Morgan fingerprint density at radius 2 is 1.95 bits per heavy atom. The van der Waals surface area contributed by atoms with E-state index < -0.39 is 0 Å². The Morgan fingerprint density at radius 3 is 2.77 bits per heavy atom. The van der Waals surface area contributed by atoms with Crippen LogP contribution < -0.4 is 4.74 Å². The fourth-order valence-electron chi connectivity index (χ4n) is 2.39. The molecule has 0 N–H and O–H groups in total. The van der Waals surface area contributed by atoms with Crippen molar-refractivity contribution < 1.29 is 9.53 Å². The van der Waals surface area contributed by atoms with E-state index in [1.165, 1.54) is 0 Å². The molecule has 1 aliphatic heterocycles. The van der Waals surface area contributed by atoms with Gasteiger partial charge in [-0.2, -0.15) is 0 Å². The minimum Gasteiger partial charge on any atom is -0.492 e. The molecule has 0 unspecified atom stereocenters. The summed E-state index contributed by atoms with van der Waals surface area (Å²) in [6, 6.07) is 13.9. The molecule has 0 radical (unpaired) electrons. The number of benzene rings is 2. The smallest absolute Gasteiger partial charge is 0.168 e. The van der Waals surface area contributed by atoms with Crippen LogP contribution in [0, 0.1) is 0 Å². The maximum absolute atomic E-state index is 12.5. The highest BCUT2D eigenvalue weighted by atomic mass is 32.2. The number of Topliss-reactive ketones (excluding diaryl/α,β-unsaturated/α-hetero) is 1. The van der Waals surface area contributed by atoms with Crippen LogP contribution in [0.3, 0.4) is 0 Å². The second-order valence-electron chi connectivity index (χ2n) is 5.62. The van der Waals surface area contributed by atoms with Crippen molar-refractivity contribution in [3.63, 3.8) is 0 Å². The monoisotopic (exact) mass is 313 g/mol. The van der Waals surface area contributed by atoms with E-state index >= 15 is 0 Å². The molecule has 1 aliphatic rings. The summed E-state index contributed by atoms with van der Waals surface area (Å²) in [4.78, 5) is 16.8. The standard InChI is InChI=1S/C18H19NO2S/c1-19(2)9-10-21-14-7-8-18-15(12-14)16(20)11-13-5-3-4-6-17(13)22-18/h3-8,12H,9-11H2,1-2H3. The molecule has 0 amide bonds. The number of hydrogen-bond donors (Lipinski definition) is 0. The Labute approximate surface area is 135 Å². The molecule has 0 fully saturated rings. The van der Waals surface area contributed by atoms with Crippen molar-refractivity contribution in [1.29, 1.82) is 0 Å². The van der Waals surface area contributed by atoms with Crippen LogP contribution in [0.15, 0.2) is 52.3 Å². The van der Waals surface area contributed by atoms with Crippen molar-refractivity contribution in [2.45, 2.75) is 16.2 Å². The number of ether oxygens (including phenoxy) is 1. The Balaban J connectivity index is 1.84. The Kier molecular flexibility index (Phi) is 4.50. The fourth-order valence-corrected chi connectivity index (χ4v) is 3.46. The topological polar surface area (TPSA) is 29.5 Å². The van der Waals surface area contributed by atoms with Crippen LogP contribution in [0.5, 0.6) is 5.75 Å². The van der Waals surface area contributed by atoms with Gasteiger partial charge in [-0.3, -0.25) is 4.79 Å². The van der Waals surface area contributed by atoms with Gasteiger partial charge >= 0.3 is 0 Å². The molecule has 3 nitrogen and oxygen atoms in total. The molecule has 2 aromatic rings. The lowest BCUT2D eigenvalue weighted by molar-refractivity contribution is 0.0989. The molecule has 0 spiro atoms. The first-order chi connectivity index (χ1) is 10.6. The van der Waals surface area contributed by atoms with E-state index in [-0.39, 0.29) is 5.78 Å². The number of hydrogen-bond acceptors (Lipinski definition) is 4. The molecule has 2 aromatic carbocycles. The summed E-state index contributed by atoms with van der Waals surface area (Å²) < 4.78 is 5.75. The molecule has 0 aliphatic carbocycles. The van der Waals surface area contributed by atoms with Crippen molar-refractivity contribution in [3.8, 4) is 5.75 Å². The van der Waals surface area contributed by atoms with Crippen LogP contribution in [-0.2, 0) is 6.42 Å². The van der Waals surface area contributed by atoms with Crippen LogP contribution in [-0.4, -0.2) is 37.9 Å². The van der Waals surface area contributed by atoms with Gasteiger partial charge in [0.1, 0.15) is 12.4 Å². The summed E-state index contributed by atoms with van der Waals surface area (Å²) in [6.07, 6.45) is 0.456. The van der Waals surface area contributed by atoms with E-state index in [0.717, 1.165) is 33.2 Å². The van der Waals surface area contributed by atoms with Crippen LogP contribution in [0.25, 0.3) is 0 Å².